The maximum Gasteiger partial charge on any atom is 0.263 e. The number of hydrogen-bond donors (Lipinski definition) is 1. The van der Waals surface area contributed by atoms with Crippen LogP contribution in [0.4, 0.5) is 0 Å². The van der Waals surface area contributed by atoms with Gasteiger partial charge in [-0.1, -0.05) is 55.4 Å². The molecule has 3 aromatic rings. The standard InChI is InChI=1S/C22H25N3O3S2/c1-4-5-11-25-21(28)19-14(2)15(3)30-20(19)24-22(25)29-13-18(27)23-17(26)12-16-9-7-6-8-10-16/h6-10H,4-5,11-13H2,1-3H3,(H,23,26,27). The van der Waals surface area contributed by atoms with Crippen molar-refractivity contribution < 1.29 is 9.59 Å². The van der Waals surface area contributed by atoms with E-state index in [1.165, 1.54) is 23.1 Å². The number of nitrogens with one attached hydrogen (secondary N) is 1. The molecule has 158 valence electrons. The van der Waals surface area contributed by atoms with E-state index >= 15 is 0 Å². The molecule has 1 aromatic carbocycles. The van der Waals surface area contributed by atoms with E-state index in [-0.39, 0.29) is 23.6 Å². The van der Waals surface area contributed by atoms with Gasteiger partial charge in [0.1, 0.15) is 4.83 Å². The van der Waals surface area contributed by atoms with Gasteiger partial charge in [-0.25, -0.2) is 4.98 Å². The van der Waals surface area contributed by atoms with Crippen molar-refractivity contribution in [2.24, 2.45) is 0 Å². The minimum Gasteiger partial charge on any atom is -0.295 e. The number of imide groups is 1. The zero-order chi connectivity index (χ0) is 21.7. The van der Waals surface area contributed by atoms with Crippen LogP contribution in [0, 0.1) is 13.8 Å². The van der Waals surface area contributed by atoms with Crippen molar-refractivity contribution in [1.29, 1.82) is 0 Å². The zero-order valence-electron chi connectivity index (χ0n) is 17.4. The van der Waals surface area contributed by atoms with E-state index in [2.05, 4.69) is 17.2 Å². The molecule has 0 unspecified atom stereocenters. The van der Waals surface area contributed by atoms with Gasteiger partial charge in [-0.2, -0.15) is 0 Å². The number of hydrogen-bond acceptors (Lipinski definition) is 6. The molecule has 0 spiro atoms. The summed E-state index contributed by atoms with van der Waals surface area (Å²) in [6, 6.07) is 9.27. The third-order valence-electron chi connectivity index (χ3n) is 4.81. The lowest BCUT2D eigenvalue weighted by molar-refractivity contribution is -0.128. The molecule has 0 saturated carbocycles. The van der Waals surface area contributed by atoms with E-state index in [0.717, 1.165) is 28.8 Å². The summed E-state index contributed by atoms with van der Waals surface area (Å²) in [6.45, 7) is 6.55. The van der Waals surface area contributed by atoms with Gasteiger partial charge < -0.3 is 0 Å². The highest BCUT2D eigenvalue weighted by molar-refractivity contribution is 7.99. The van der Waals surface area contributed by atoms with Gasteiger partial charge in [0.2, 0.25) is 11.8 Å². The Morgan fingerprint density at radius 3 is 2.60 bits per heavy atom. The van der Waals surface area contributed by atoms with Gasteiger partial charge in [-0.3, -0.25) is 24.3 Å². The largest absolute Gasteiger partial charge is 0.295 e. The van der Waals surface area contributed by atoms with Crippen LogP contribution in [0.2, 0.25) is 0 Å². The summed E-state index contributed by atoms with van der Waals surface area (Å²) in [5.74, 6) is -0.715. The monoisotopic (exact) mass is 443 g/mol. The number of fused-ring (bicyclic) bond motifs is 1. The van der Waals surface area contributed by atoms with E-state index in [1.807, 2.05) is 44.2 Å². The van der Waals surface area contributed by atoms with Gasteiger partial charge >= 0.3 is 0 Å². The van der Waals surface area contributed by atoms with Crippen LogP contribution in [0.1, 0.15) is 35.8 Å². The van der Waals surface area contributed by atoms with Crippen molar-refractivity contribution >= 4 is 45.1 Å². The number of carbonyl (C=O) groups excluding carboxylic acids is 2. The van der Waals surface area contributed by atoms with E-state index < -0.39 is 5.91 Å². The minimum absolute atomic E-state index is 0.0218. The number of benzene rings is 1. The predicted octanol–water partition coefficient (Wildman–Crippen LogP) is 3.85. The van der Waals surface area contributed by atoms with Crippen LogP contribution in [0.25, 0.3) is 10.2 Å². The van der Waals surface area contributed by atoms with Gasteiger partial charge in [-0.15, -0.1) is 11.3 Å². The fourth-order valence-corrected chi connectivity index (χ4v) is 4.98. The van der Waals surface area contributed by atoms with Crippen molar-refractivity contribution in [2.45, 2.75) is 51.7 Å². The second kappa shape index (κ2) is 10.0. The highest BCUT2D eigenvalue weighted by Crippen LogP contribution is 2.28. The van der Waals surface area contributed by atoms with Crippen LogP contribution < -0.4 is 10.9 Å². The molecular weight excluding hydrogens is 418 g/mol. The Morgan fingerprint density at radius 1 is 1.17 bits per heavy atom. The van der Waals surface area contributed by atoms with Gasteiger partial charge in [0.15, 0.2) is 5.16 Å². The summed E-state index contributed by atoms with van der Waals surface area (Å²) in [5, 5.41) is 3.60. The van der Waals surface area contributed by atoms with Crippen LogP contribution in [0.5, 0.6) is 0 Å². The number of unbranched alkanes of at least 4 members (excludes halogenated alkanes) is 1. The summed E-state index contributed by atoms with van der Waals surface area (Å²) >= 11 is 2.69. The van der Waals surface area contributed by atoms with Crippen LogP contribution in [-0.2, 0) is 22.6 Å². The lowest BCUT2D eigenvalue weighted by Crippen LogP contribution is -2.33. The zero-order valence-corrected chi connectivity index (χ0v) is 19.0. The molecule has 0 radical (unpaired) electrons. The number of amides is 2. The first kappa shape index (κ1) is 22.2. The van der Waals surface area contributed by atoms with Crippen molar-refractivity contribution in [3.8, 4) is 0 Å². The number of nitrogens with zero attached hydrogens (tertiary/aromatic N) is 2. The average Bonchev–Trinajstić information content (AvgIpc) is 3.00. The third kappa shape index (κ3) is 5.17. The van der Waals surface area contributed by atoms with Crippen LogP contribution in [0.3, 0.4) is 0 Å². The summed E-state index contributed by atoms with van der Waals surface area (Å²) < 4.78 is 1.66. The molecule has 2 amide bonds. The van der Waals surface area contributed by atoms with E-state index in [9.17, 15) is 14.4 Å². The van der Waals surface area contributed by atoms with Crippen molar-refractivity contribution in [3.63, 3.8) is 0 Å². The topological polar surface area (TPSA) is 81.1 Å². The minimum atomic E-state index is -0.393. The summed E-state index contributed by atoms with van der Waals surface area (Å²) in [7, 11) is 0. The lowest BCUT2D eigenvalue weighted by Gasteiger charge is -2.11. The Hall–Kier alpha value is -2.45. The number of carbonyl (C=O) groups is 2. The molecule has 0 atom stereocenters. The van der Waals surface area contributed by atoms with E-state index in [4.69, 9.17) is 0 Å². The molecule has 0 bridgehead atoms. The van der Waals surface area contributed by atoms with Gasteiger partial charge in [0.25, 0.3) is 5.56 Å². The normalized spacial score (nSPS) is 11.0. The molecule has 0 saturated heterocycles. The highest BCUT2D eigenvalue weighted by atomic mass is 32.2. The van der Waals surface area contributed by atoms with Crippen LogP contribution in [-0.4, -0.2) is 27.1 Å². The first-order chi connectivity index (χ1) is 14.4. The summed E-state index contributed by atoms with van der Waals surface area (Å²) in [5.41, 5.74) is 1.76. The van der Waals surface area contributed by atoms with Crippen molar-refractivity contribution in [3.05, 3.63) is 56.7 Å². The van der Waals surface area contributed by atoms with Crippen LogP contribution >= 0.6 is 23.1 Å². The molecule has 1 N–H and O–H groups in total. The maximum absolute atomic E-state index is 13.1. The number of thioether (sulfide) groups is 1. The third-order valence-corrected chi connectivity index (χ3v) is 6.89. The Balaban J connectivity index is 1.73. The maximum atomic E-state index is 13.1. The van der Waals surface area contributed by atoms with Crippen molar-refractivity contribution in [1.82, 2.24) is 14.9 Å². The Labute approximate surface area is 183 Å². The number of aryl methyl sites for hydroxylation is 2. The molecule has 0 aliphatic heterocycles. The smallest absolute Gasteiger partial charge is 0.263 e. The molecule has 2 heterocycles. The molecule has 30 heavy (non-hydrogen) atoms. The highest BCUT2D eigenvalue weighted by Gasteiger charge is 2.18. The molecule has 8 heteroatoms. The van der Waals surface area contributed by atoms with Gasteiger partial charge in [0, 0.05) is 11.4 Å². The molecule has 0 aliphatic carbocycles. The SMILES string of the molecule is CCCCn1c(SCC(=O)NC(=O)Cc2ccccc2)nc2sc(C)c(C)c2c1=O. The molecule has 0 aliphatic rings. The van der Waals surface area contributed by atoms with Gasteiger partial charge in [-0.05, 0) is 31.4 Å². The second-order valence-electron chi connectivity index (χ2n) is 7.09. The Morgan fingerprint density at radius 2 is 1.90 bits per heavy atom. The Kier molecular flexibility index (Phi) is 7.44. The first-order valence-corrected chi connectivity index (χ1v) is 11.7. The average molecular weight is 444 g/mol. The van der Waals surface area contributed by atoms with E-state index in [1.54, 1.807) is 4.57 Å². The fourth-order valence-electron chi connectivity index (χ4n) is 3.08. The number of thiophene rings is 1. The molecule has 6 nitrogen and oxygen atoms in total. The number of rotatable bonds is 8. The number of aromatic nitrogens is 2. The first-order valence-electron chi connectivity index (χ1n) is 9.90. The second-order valence-corrected chi connectivity index (χ2v) is 9.24. The fraction of sp³-hybridized carbons (Fsp3) is 0.364. The quantitative estimate of drug-likeness (QED) is 0.422. The molecular formula is C22H25N3O3S2. The molecule has 3 rings (SSSR count). The van der Waals surface area contributed by atoms with Gasteiger partial charge in [0.05, 0.1) is 17.6 Å². The Bertz CT molecular complexity index is 1120. The summed E-state index contributed by atoms with van der Waals surface area (Å²) in [6.07, 6.45) is 1.95. The summed E-state index contributed by atoms with van der Waals surface area (Å²) in [4.78, 5) is 43.9. The van der Waals surface area contributed by atoms with Crippen molar-refractivity contribution in [2.75, 3.05) is 5.75 Å². The molecule has 2 aromatic heterocycles. The lowest BCUT2D eigenvalue weighted by atomic mass is 10.1. The predicted molar refractivity (Wildman–Crippen MR) is 122 cm³/mol. The van der Waals surface area contributed by atoms with Crippen LogP contribution in [0.15, 0.2) is 40.3 Å². The molecule has 0 fully saturated rings. The van der Waals surface area contributed by atoms with E-state index in [0.29, 0.717) is 21.9 Å².